The van der Waals surface area contributed by atoms with Gasteiger partial charge in [0.25, 0.3) is 5.91 Å². The lowest BCUT2D eigenvalue weighted by Gasteiger charge is -2.21. The van der Waals surface area contributed by atoms with Crippen molar-refractivity contribution in [2.24, 2.45) is 0 Å². The maximum Gasteiger partial charge on any atom is 0.262 e. The summed E-state index contributed by atoms with van der Waals surface area (Å²) in [6.45, 7) is 5.04. The van der Waals surface area contributed by atoms with E-state index in [0.717, 1.165) is 11.3 Å². The molecule has 0 saturated carbocycles. The maximum absolute atomic E-state index is 13.5. The molecule has 0 aliphatic rings. The Labute approximate surface area is 241 Å². The summed E-state index contributed by atoms with van der Waals surface area (Å²) in [5.41, 5.74) is 3.12. The fourth-order valence-electron chi connectivity index (χ4n) is 4.41. The predicted octanol–water partition coefficient (Wildman–Crippen LogP) is 5.57. The fourth-order valence-corrected chi connectivity index (χ4v) is 6.08. The average molecular weight is 568 g/mol. The summed E-state index contributed by atoms with van der Waals surface area (Å²) in [6, 6.07) is 27.5. The number of benzene rings is 3. The Morgan fingerprint density at radius 2 is 1.63 bits per heavy atom. The van der Waals surface area contributed by atoms with E-state index in [2.05, 4.69) is 5.32 Å². The molecule has 0 saturated heterocycles. The van der Waals surface area contributed by atoms with Crippen molar-refractivity contribution in [3.63, 3.8) is 0 Å². The van der Waals surface area contributed by atoms with Crippen LogP contribution in [0, 0.1) is 11.3 Å². The quantitative estimate of drug-likeness (QED) is 0.178. The standard InChI is InChI=1S/C32H33N5O3S/c1-3-18-36(19-4-2)41(39,40)30-17-11-14-26(21-30)31-28(24-37(35-31)29-15-9-6-10-16-29)20-27(22-33)32(38)34-23-25-12-7-5-8-13-25/h5-17,20-21,24H,3-4,18-19,23H2,1-2H3,(H,34,38). The Kier molecular flexibility index (Phi) is 9.85. The van der Waals surface area contributed by atoms with Gasteiger partial charge in [0.05, 0.1) is 10.6 Å². The van der Waals surface area contributed by atoms with E-state index in [1.807, 2.05) is 80.6 Å². The fraction of sp³-hybridized carbons (Fsp3) is 0.219. The zero-order valence-corrected chi connectivity index (χ0v) is 24.0. The van der Waals surface area contributed by atoms with E-state index in [0.29, 0.717) is 42.8 Å². The van der Waals surface area contributed by atoms with Crippen molar-refractivity contribution >= 4 is 22.0 Å². The molecule has 9 heteroatoms. The van der Waals surface area contributed by atoms with Crippen LogP contribution in [0.25, 0.3) is 23.0 Å². The van der Waals surface area contributed by atoms with Gasteiger partial charge in [0.1, 0.15) is 17.3 Å². The maximum atomic E-state index is 13.5. The molecule has 0 bridgehead atoms. The lowest BCUT2D eigenvalue weighted by molar-refractivity contribution is -0.117. The molecule has 0 atom stereocenters. The van der Waals surface area contributed by atoms with Gasteiger partial charge in [-0.25, -0.2) is 13.1 Å². The van der Waals surface area contributed by atoms with Crippen LogP contribution >= 0.6 is 0 Å². The van der Waals surface area contributed by atoms with Crippen LogP contribution in [0.3, 0.4) is 0 Å². The monoisotopic (exact) mass is 567 g/mol. The van der Waals surface area contributed by atoms with Crippen LogP contribution in [0.2, 0.25) is 0 Å². The molecule has 210 valence electrons. The average Bonchev–Trinajstić information content (AvgIpc) is 3.43. The SMILES string of the molecule is CCCN(CCC)S(=O)(=O)c1cccc(-c2nn(-c3ccccc3)cc2C=C(C#N)C(=O)NCc2ccccc2)c1. The molecule has 1 aromatic heterocycles. The van der Waals surface area contributed by atoms with Crippen molar-refractivity contribution in [3.8, 4) is 23.0 Å². The summed E-state index contributed by atoms with van der Waals surface area (Å²) in [4.78, 5) is 13.1. The van der Waals surface area contributed by atoms with Gasteiger partial charge in [-0.05, 0) is 48.7 Å². The number of nitrogens with zero attached hydrogens (tertiary/aromatic N) is 4. The summed E-state index contributed by atoms with van der Waals surface area (Å²) in [5.74, 6) is -0.513. The zero-order chi connectivity index (χ0) is 29.2. The highest BCUT2D eigenvalue weighted by Crippen LogP contribution is 2.29. The minimum absolute atomic E-state index is 0.0874. The van der Waals surface area contributed by atoms with E-state index in [9.17, 15) is 18.5 Å². The Morgan fingerprint density at radius 3 is 2.27 bits per heavy atom. The lowest BCUT2D eigenvalue weighted by atomic mass is 10.1. The van der Waals surface area contributed by atoms with Crippen LogP contribution in [-0.2, 0) is 21.4 Å². The predicted molar refractivity (Wildman–Crippen MR) is 160 cm³/mol. The van der Waals surface area contributed by atoms with Crippen molar-refractivity contribution in [1.29, 1.82) is 5.26 Å². The first-order valence-corrected chi connectivity index (χ1v) is 15.0. The summed E-state index contributed by atoms with van der Waals surface area (Å²) in [5, 5.41) is 17.4. The first kappa shape index (κ1) is 29.5. The lowest BCUT2D eigenvalue weighted by Crippen LogP contribution is -2.32. The molecular formula is C32H33N5O3S. The number of hydrogen-bond donors (Lipinski definition) is 1. The molecule has 1 heterocycles. The van der Waals surface area contributed by atoms with Crippen LogP contribution in [0.15, 0.2) is 102 Å². The van der Waals surface area contributed by atoms with Crippen LogP contribution < -0.4 is 5.32 Å². The number of rotatable bonds is 12. The molecule has 0 spiro atoms. The van der Waals surface area contributed by atoms with Gasteiger partial charge < -0.3 is 5.32 Å². The normalized spacial score (nSPS) is 11.8. The number of para-hydroxylation sites is 1. The number of carbonyl (C=O) groups excluding carboxylic acids is 1. The summed E-state index contributed by atoms with van der Waals surface area (Å²) in [6.07, 6.45) is 4.63. The van der Waals surface area contributed by atoms with Crippen molar-refractivity contribution in [1.82, 2.24) is 19.4 Å². The van der Waals surface area contributed by atoms with Gasteiger partial charge in [-0.3, -0.25) is 4.79 Å². The largest absolute Gasteiger partial charge is 0.347 e. The molecule has 3 aromatic carbocycles. The number of nitrogens with one attached hydrogen (secondary N) is 1. The van der Waals surface area contributed by atoms with Gasteiger partial charge in [0, 0.05) is 37.0 Å². The van der Waals surface area contributed by atoms with Crippen LogP contribution in [0.4, 0.5) is 0 Å². The third-order valence-electron chi connectivity index (χ3n) is 6.42. The number of amides is 1. The van der Waals surface area contributed by atoms with E-state index in [1.54, 1.807) is 35.1 Å². The first-order valence-electron chi connectivity index (χ1n) is 13.6. The van der Waals surface area contributed by atoms with E-state index in [-0.39, 0.29) is 17.0 Å². The third-order valence-corrected chi connectivity index (χ3v) is 8.31. The Balaban J connectivity index is 1.75. The molecular weight excluding hydrogens is 534 g/mol. The van der Waals surface area contributed by atoms with Gasteiger partial charge >= 0.3 is 0 Å². The van der Waals surface area contributed by atoms with Gasteiger partial charge in [-0.15, -0.1) is 0 Å². The molecule has 1 N–H and O–H groups in total. The van der Waals surface area contributed by atoms with E-state index in [1.165, 1.54) is 10.4 Å². The third kappa shape index (κ3) is 7.17. The van der Waals surface area contributed by atoms with E-state index >= 15 is 0 Å². The van der Waals surface area contributed by atoms with Crippen LogP contribution in [0.1, 0.15) is 37.8 Å². The molecule has 4 rings (SSSR count). The molecule has 41 heavy (non-hydrogen) atoms. The van der Waals surface area contributed by atoms with Gasteiger partial charge in [0.15, 0.2) is 0 Å². The second-order valence-electron chi connectivity index (χ2n) is 9.48. The second kappa shape index (κ2) is 13.7. The number of hydrogen-bond acceptors (Lipinski definition) is 5. The Bertz CT molecular complexity index is 1650. The highest BCUT2D eigenvalue weighted by atomic mass is 32.2. The summed E-state index contributed by atoms with van der Waals surface area (Å²) < 4.78 is 30.2. The Morgan fingerprint density at radius 1 is 0.976 bits per heavy atom. The number of sulfonamides is 1. The summed E-state index contributed by atoms with van der Waals surface area (Å²) in [7, 11) is -3.72. The minimum Gasteiger partial charge on any atom is -0.347 e. The number of carbonyl (C=O) groups is 1. The molecule has 4 aromatic rings. The van der Waals surface area contributed by atoms with Crippen molar-refractivity contribution < 1.29 is 13.2 Å². The molecule has 0 aliphatic carbocycles. The molecule has 0 unspecified atom stereocenters. The first-order chi connectivity index (χ1) is 19.9. The van der Waals surface area contributed by atoms with Crippen molar-refractivity contribution in [2.75, 3.05) is 13.1 Å². The van der Waals surface area contributed by atoms with Gasteiger partial charge in [-0.2, -0.15) is 14.7 Å². The highest BCUT2D eigenvalue weighted by Gasteiger charge is 2.24. The van der Waals surface area contributed by atoms with Crippen molar-refractivity contribution in [2.45, 2.75) is 38.1 Å². The molecule has 0 aliphatic heterocycles. The number of aromatic nitrogens is 2. The Hall–Kier alpha value is -4.52. The smallest absolute Gasteiger partial charge is 0.262 e. The molecule has 1 amide bonds. The van der Waals surface area contributed by atoms with Gasteiger partial charge in [-0.1, -0.05) is 74.5 Å². The molecule has 0 fully saturated rings. The van der Waals surface area contributed by atoms with Crippen LogP contribution in [0.5, 0.6) is 0 Å². The van der Waals surface area contributed by atoms with Crippen molar-refractivity contribution in [3.05, 3.63) is 108 Å². The van der Waals surface area contributed by atoms with Gasteiger partial charge in [0.2, 0.25) is 10.0 Å². The minimum atomic E-state index is -3.72. The van der Waals surface area contributed by atoms with E-state index < -0.39 is 15.9 Å². The second-order valence-corrected chi connectivity index (χ2v) is 11.4. The topological polar surface area (TPSA) is 108 Å². The van der Waals surface area contributed by atoms with Crippen LogP contribution in [-0.4, -0.2) is 41.5 Å². The molecule has 8 nitrogen and oxygen atoms in total. The summed E-state index contributed by atoms with van der Waals surface area (Å²) >= 11 is 0. The molecule has 0 radical (unpaired) electrons. The van der Waals surface area contributed by atoms with E-state index in [4.69, 9.17) is 5.10 Å². The highest BCUT2D eigenvalue weighted by molar-refractivity contribution is 7.89. The number of nitriles is 1. The zero-order valence-electron chi connectivity index (χ0n) is 23.2.